The third-order valence-corrected chi connectivity index (χ3v) is 5.61. The molecule has 3 aromatic rings. The maximum absolute atomic E-state index is 12.2. The molecule has 0 spiro atoms. The lowest BCUT2D eigenvalue weighted by Crippen LogP contribution is -2.22. The van der Waals surface area contributed by atoms with E-state index in [4.69, 9.17) is 11.6 Å². The number of amides is 1. The highest BCUT2D eigenvalue weighted by molar-refractivity contribution is 7.98. The van der Waals surface area contributed by atoms with Gasteiger partial charge in [-0.3, -0.25) is 4.79 Å². The summed E-state index contributed by atoms with van der Waals surface area (Å²) in [6.45, 7) is 2.47. The monoisotopic (exact) mass is 388 g/mol. The molecular weight excluding hydrogens is 372 g/mol. The van der Waals surface area contributed by atoms with Crippen molar-refractivity contribution in [2.75, 3.05) is 0 Å². The maximum atomic E-state index is 12.2. The highest BCUT2D eigenvalue weighted by Crippen LogP contribution is 2.24. The standard InChI is InChI=1S/C19H17ClN2OS2/c1-13-22-17(11-24-13)12-25-18-7-5-15(6-8-18)19(23)21-10-14-3-2-4-16(20)9-14/h2-9,11H,10,12H2,1H3,(H,21,23). The van der Waals surface area contributed by atoms with Gasteiger partial charge in [0.15, 0.2) is 0 Å². The smallest absolute Gasteiger partial charge is 0.251 e. The summed E-state index contributed by atoms with van der Waals surface area (Å²) < 4.78 is 0. The lowest BCUT2D eigenvalue weighted by atomic mass is 10.2. The van der Waals surface area contributed by atoms with Gasteiger partial charge in [-0.05, 0) is 48.9 Å². The molecule has 0 aliphatic rings. The molecule has 0 bridgehead atoms. The van der Waals surface area contributed by atoms with Gasteiger partial charge in [0.05, 0.1) is 10.7 Å². The van der Waals surface area contributed by atoms with Crippen molar-refractivity contribution in [3.05, 3.63) is 80.8 Å². The minimum absolute atomic E-state index is 0.0911. The number of halogens is 1. The SMILES string of the molecule is Cc1nc(CSc2ccc(C(=O)NCc3cccc(Cl)c3)cc2)cs1. The number of aryl methyl sites for hydroxylation is 1. The molecule has 128 valence electrons. The van der Waals surface area contributed by atoms with E-state index in [1.54, 1.807) is 23.1 Å². The number of hydrogen-bond acceptors (Lipinski definition) is 4. The van der Waals surface area contributed by atoms with Crippen LogP contribution in [0, 0.1) is 6.92 Å². The molecule has 3 nitrogen and oxygen atoms in total. The fraction of sp³-hybridized carbons (Fsp3) is 0.158. The van der Waals surface area contributed by atoms with E-state index in [9.17, 15) is 4.79 Å². The van der Waals surface area contributed by atoms with Crippen LogP contribution in [-0.2, 0) is 12.3 Å². The van der Waals surface area contributed by atoms with E-state index >= 15 is 0 Å². The number of thiazole rings is 1. The zero-order valence-electron chi connectivity index (χ0n) is 13.7. The van der Waals surface area contributed by atoms with Crippen LogP contribution in [0.2, 0.25) is 5.02 Å². The van der Waals surface area contributed by atoms with Crippen LogP contribution in [0.15, 0.2) is 58.8 Å². The summed E-state index contributed by atoms with van der Waals surface area (Å²) in [6, 6.07) is 15.1. The van der Waals surface area contributed by atoms with Crippen molar-refractivity contribution in [3.8, 4) is 0 Å². The summed E-state index contributed by atoms with van der Waals surface area (Å²) >= 11 is 9.33. The number of thioether (sulfide) groups is 1. The quantitative estimate of drug-likeness (QED) is 0.580. The van der Waals surface area contributed by atoms with Crippen LogP contribution in [0.5, 0.6) is 0 Å². The Bertz CT molecular complexity index is 862. The Hall–Kier alpha value is -1.82. The fourth-order valence-electron chi connectivity index (χ4n) is 2.27. The van der Waals surface area contributed by atoms with Gasteiger partial charge in [0, 0.05) is 33.2 Å². The number of aromatic nitrogens is 1. The van der Waals surface area contributed by atoms with Gasteiger partial charge in [-0.2, -0.15) is 0 Å². The molecule has 3 rings (SSSR count). The fourth-order valence-corrected chi connectivity index (χ4v) is 3.99. The molecule has 0 aliphatic carbocycles. The van der Waals surface area contributed by atoms with Crippen LogP contribution in [0.25, 0.3) is 0 Å². The summed E-state index contributed by atoms with van der Waals surface area (Å²) in [6.07, 6.45) is 0. The summed E-state index contributed by atoms with van der Waals surface area (Å²) in [7, 11) is 0. The first-order valence-electron chi connectivity index (χ1n) is 7.77. The van der Waals surface area contributed by atoms with E-state index in [1.807, 2.05) is 55.5 Å². The van der Waals surface area contributed by atoms with Gasteiger partial charge >= 0.3 is 0 Å². The Morgan fingerprint density at radius 3 is 2.72 bits per heavy atom. The lowest BCUT2D eigenvalue weighted by Gasteiger charge is -2.07. The van der Waals surface area contributed by atoms with Crippen LogP contribution in [-0.4, -0.2) is 10.9 Å². The number of carbonyl (C=O) groups is 1. The third-order valence-electron chi connectivity index (χ3n) is 3.51. The minimum atomic E-state index is -0.0911. The zero-order chi connectivity index (χ0) is 17.6. The molecule has 0 saturated heterocycles. The van der Waals surface area contributed by atoms with Crippen LogP contribution in [0.1, 0.15) is 26.6 Å². The van der Waals surface area contributed by atoms with Crippen molar-refractivity contribution < 1.29 is 4.79 Å². The van der Waals surface area contributed by atoms with Gasteiger partial charge in [0.25, 0.3) is 5.91 Å². The average Bonchev–Trinajstić information content (AvgIpc) is 3.04. The highest BCUT2D eigenvalue weighted by Gasteiger charge is 2.06. The van der Waals surface area contributed by atoms with E-state index in [2.05, 4.69) is 15.7 Å². The molecule has 25 heavy (non-hydrogen) atoms. The molecule has 0 saturated carbocycles. The number of benzene rings is 2. The van der Waals surface area contributed by atoms with Crippen LogP contribution >= 0.6 is 34.7 Å². The maximum Gasteiger partial charge on any atom is 0.251 e. The van der Waals surface area contributed by atoms with Gasteiger partial charge in [-0.1, -0.05) is 23.7 Å². The van der Waals surface area contributed by atoms with Gasteiger partial charge in [-0.25, -0.2) is 4.98 Å². The van der Waals surface area contributed by atoms with Gasteiger partial charge in [0.2, 0.25) is 0 Å². The van der Waals surface area contributed by atoms with Crippen LogP contribution in [0.3, 0.4) is 0 Å². The van der Waals surface area contributed by atoms with Gasteiger partial charge in [-0.15, -0.1) is 23.1 Å². The minimum Gasteiger partial charge on any atom is -0.348 e. The second-order valence-electron chi connectivity index (χ2n) is 5.48. The van der Waals surface area contributed by atoms with Crippen molar-refractivity contribution in [1.82, 2.24) is 10.3 Å². The van der Waals surface area contributed by atoms with E-state index in [-0.39, 0.29) is 5.91 Å². The van der Waals surface area contributed by atoms with E-state index in [0.29, 0.717) is 17.1 Å². The molecule has 1 heterocycles. The predicted molar refractivity (Wildman–Crippen MR) is 105 cm³/mol. The Kier molecular flexibility index (Phi) is 6.13. The first-order chi connectivity index (χ1) is 12.1. The van der Waals surface area contributed by atoms with Gasteiger partial charge < -0.3 is 5.32 Å². The van der Waals surface area contributed by atoms with Crippen LogP contribution < -0.4 is 5.32 Å². The number of carbonyl (C=O) groups excluding carboxylic acids is 1. The Labute approximate surface area is 160 Å². The van der Waals surface area contributed by atoms with Crippen molar-refractivity contribution in [3.63, 3.8) is 0 Å². The molecule has 1 amide bonds. The molecule has 1 aromatic heterocycles. The third kappa shape index (κ3) is 5.33. The highest BCUT2D eigenvalue weighted by atomic mass is 35.5. The normalized spacial score (nSPS) is 10.6. The number of rotatable bonds is 6. The zero-order valence-corrected chi connectivity index (χ0v) is 16.0. The summed E-state index contributed by atoms with van der Waals surface area (Å²) in [5.41, 5.74) is 2.72. The lowest BCUT2D eigenvalue weighted by molar-refractivity contribution is 0.0951. The first-order valence-corrected chi connectivity index (χ1v) is 10.0. The summed E-state index contributed by atoms with van der Waals surface area (Å²) in [5.74, 6) is 0.747. The molecule has 2 aromatic carbocycles. The van der Waals surface area contributed by atoms with E-state index in [0.717, 1.165) is 26.9 Å². The second-order valence-corrected chi connectivity index (χ2v) is 8.03. The molecular formula is C19H17ClN2OS2. The Morgan fingerprint density at radius 1 is 1.24 bits per heavy atom. The average molecular weight is 389 g/mol. The molecule has 0 unspecified atom stereocenters. The number of nitrogens with one attached hydrogen (secondary N) is 1. The van der Waals surface area contributed by atoms with Crippen molar-refractivity contribution >= 4 is 40.6 Å². The number of hydrogen-bond donors (Lipinski definition) is 1. The molecule has 0 radical (unpaired) electrons. The van der Waals surface area contributed by atoms with Crippen molar-refractivity contribution in [2.24, 2.45) is 0 Å². The van der Waals surface area contributed by atoms with Crippen LogP contribution in [0.4, 0.5) is 0 Å². The van der Waals surface area contributed by atoms with Crippen molar-refractivity contribution in [2.45, 2.75) is 24.1 Å². The van der Waals surface area contributed by atoms with Gasteiger partial charge in [0.1, 0.15) is 0 Å². The molecule has 1 N–H and O–H groups in total. The second kappa shape index (κ2) is 8.52. The Morgan fingerprint density at radius 2 is 2.04 bits per heavy atom. The Balaban J connectivity index is 1.53. The van der Waals surface area contributed by atoms with E-state index < -0.39 is 0 Å². The number of nitrogens with zero attached hydrogens (tertiary/aromatic N) is 1. The predicted octanol–water partition coefficient (Wildman–Crippen LogP) is 5.33. The molecule has 6 heteroatoms. The summed E-state index contributed by atoms with van der Waals surface area (Å²) in [5, 5.41) is 6.75. The molecule has 0 fully saturated rings. The molecule has 0 aliphatic heterocycles. The van der Waals surface area contributed by atoms with E-state index in [1.165, 1.54) is 0 Å². The van der Waals surface area contributed by atoms with Crippen molar-refractivity contribution in [1.29, 1.82) is 0 Å². The summed E-state index contributed by atoms with van der Waals surface area (Å²) in [4.78, 5) is 17.8. The molecule has 0 atom stereocenters. The first kappa shape index (κ1) is 18.0. The largest absolute Gasteiger partial charge is 0.348 e. The topological polar surface area (TPSA) is 42.0 Å².